The van der Waals surface area contributed by atoms with Gasteiger partial charge in [0.2, 0.25) is 5.91 Å². The second kappa shape index (κ2) is 5.68. The van der Waals surface area contributed by atoms with Crippen molar-refractivity contribution in [3.8, 4) is 0 Å². The lowest BCUT2D eigenvalue weighted by atomic mass is 10.1. The van der Waals surface area contributed by atoms with Crippen LogP contribution < -0.4 is 11.1 Å². The van der Waals surface area contributed by atoms with Gasteiger partial charge in [-0.05, 0) is 26.0 Å². The highest BCUT2D eigenvalue weighted by atomic mass is 32.2. The average molecular weight is 315 g/mol. The van der Waals surface area contributed by atoms with Crippen molar-refractivity contribution in [3.63, 3.8) is 0 Å². The van der Waals surface area contributed by atoms with Crippen LogP contribution in [0.5, 0.6) is 0 Å². The number of hydrogen-bond donors (Lipinski definition) is 2. The van der Waals surface area contributed by atoms with E-state index in [-0.39, 0.29) is 23.5 Å². The second-order valence-electron chi connectivity index (χ2n) is 5.24. The largest absolute Gasteiger partial charge is 0.378 e. The third kappa shape index (κ3) is 3.91. The van der Waals surface area contributed by atoms with Gasteiger partial charge in [-0.3, -0.25) is 14.9 Å². The van der Waals surface area contributed by atoms with Gasteiger partial charge in [0.25, 0.3) is 5.69 Å². The number of hydrogen-bond acceptors (Lipinski definition) is 6. The summed E-state index contributed by atoms with van der Waals surface area (Å²) in [5.74, 6) is -0.777. The van der Waals surface area contributed by atoms with Crippen molar-refractivity contribution in [3.05, 3.63) is 33.9 Å². The zero-order valence-corrected chi connectivity index (χ0v) is 12.7. The van der Waals surface area contributed by atoms with Crippen LogP contribution in [0.3, 0.4) is 0 Å². The van der Waals surface area contributed by atoms with E-state index < -0.39 is 25.4 Å². The molecule has 0 saturated carbocycles. The van der Waals surface area contributed by atoms with E-state index >= 15 is 0 Å². The Bertz CT molecular complexity index is 682. The molecule has 0 unspecified atom stereocenters. The molecular weight excluding hydrogens is 298 g/mol. The van der Waals surface area contributed by atoms with Crippen molar-refractivity contribution in [1.82, 2.24) is 0 Å². The van der Waals surface area contributed by atoms with Gasteiger partial charge in [0.05, 0.1) is 9.67 Å². The van der Waals surface area contributed by atoms with Gasteiger partial charge in [0.15, 0.2) is 9.84 Å². The predicted molar refractivity (Wildman–Crippen MR) is 79.0 cm³/mol. The number of sulfone groups is 1. The van der Waals surface area contributed by atoms with Gasteiger partial charge < -0.3 is 11.1 Å². The molecule has 0 heterocycles. The maximum absolute atomic E-state index is 11.6. The number of nitrogens with one attached hydrogen (secondary N) is 1. The Morgan fingerprint density at radius 3 is 2.43 bits per heavy atom. The fraction of sp³-hybridized carbons (Fsp3) is 0.417. The monoisotopic (exact) mass is 315 g/mol. The van der Waals surface area contributed by atoms with Gasteiger partial charge in [-0.25, -0.2) is 8.42 Å². The average Bonchev–Trinajstić information content (AvgIpc) is 2.34. The standard InChI is InChI=1S/C12H17N3O5S/c1-12(2,21(3,19)20)7-14-9-5-4-8(11(13)16)6-10(9)15(17)18/h4-6,14H,7H2,1-3H3,(H2,13,16). The van der Waals surface area contributed by atoms with Crippen molar-refractivity contribution in [2.75, 3.05) is 18.1 Å². The fourth-order valence-corrected chi connectivity index (χ4v) is 1.76. The Hall–Kier alpha value is -2.16. The minimum Gasteiger partial charge on any atom is -0.378 e. The number of nitrogens with two attached hydrogens (primary N) is 1. The summed E-state index contributed by atoms with van der Waals surface area (Å²) < 4.78 is 22.1. The number of amides is 1. The van der Waals surface area contributed by atoms with Gasteiger partial charge in [0, 0.05) is 24.4 Å². The highest BCUT2D eigenvalue weighted by Crippen LogP contribution is 2.27. The van der Waals surface area contributed by atoms with Gasteiger partial charge in [0.1, 0.15) is 5.69 Å². The Balaban J connectivity index is 3.10. The van der Waals surface area contributed by atoms with E-state index in [9.17, 15) is 23.3 Å². The van der Waals surface area contributed by atoms with Crippen LogP contribution in [0.4, 0.5) is 11.4 Å². The number of primary amides is 1. The van der Waals surface area contributed by atoms with Crippen LogP contribution in [-0.4, -0.2) is 36.8 Å². The van der Waals surface area contributed by atoms with E-state index in [0.29, 0.717) is 0 Å². The first kappa shape index (κ1) is 16.9. The molecular formula is C12H17N3O5S. The molecule has 0 saturated heterocycles. The molecule has 1 amide bonds. The predicted octanol–water partition coefficient (Wildman–Crippen LogP) is 0.929. The van der Waals surface area contributed by atoms with Crippen molar-refractivity contribution in [2.24, 2.45) is 5.73 Å². The van der Waals surface area contributed by atoms with Gasteiger partial charge in [-0.1, -0.05) is 0 Å². The van der Waals surface area contributed by atoms with Crippen LogP contribution in [-0.2, 0) is 9.84 Å². The summed E-state index contributed by atoms with van der Waals surface area (Å²) in [5, 5.41) is 13.7. The van der Waals surface area contributed by atoms with E-state index in [4.69, 9.17) is 5.73 Å². The molecule has 0 aliphatic rings. The number of benzene rings is 1. The maximum atomic E-state index is 11.6. The number of carbonyl (C=O) groups excluding carboxylic acids is 1. The third-order valence-corrected chi connectivity index (χ3v) is 5.34. The highest BCUT2D eigenvalue weighted by Gasteiger charge is 2.30. The van der Waals surface area contributed by atoms with Gasteiger partial charge >= 0.3 is 0 Å². The van der Waals surface area contributed by atoms with Crippen LogP contribution in [0.25, 0.3) is 0 Å². The van der Waals surface area contributed by atoms with Gasteiger partial charge in [-0.15, -0.1) is 0 Å². The normalized spacial score (nSPS) is 12.0. The molecule has 21 heavy (non-hydrogen) atoms. The first-order chi connectivity index (χ1) is 9.45. The van der Waals surface area contributed by atoms with Crippen LogP contribution in [0.1, 0.15) is 24.2 Å². The molecule has 116 valence electrons. The van der Waals surface area contributed by atoms with Crippen molar-refractivity contribution < 1.29 is 18.1 Å². The molecule has 8 nitrogen and oxygen atoms in total. The minimum absolute atomic E-state index is 0.00891. The van der Waals surface area contributed by atoms with Crippen molar-refractivity contribution >= 4 is 27.1 Å². The number of nitro groups is 1. The molecule has 0 atom stereocenters. The van der Waals surface area contributed by atoms with Crippen LogP contribution >= 0.6 is 0 Å². The SMILES string of the molecule is CC(C)(CNc1ccc(C(N)=O)cc1[N+](=O)[O-])S(C)(=O)=O. The number of nitrogens with zero attached hydrogens (tertiary/aromatic N) is 1. The first-order valence-electron chi connectivity index (χ1n) is 5.97. The Labute approximate surface area is 122 Å². The van der Waals surface area contributed by atoms with E-state index in [1.165, 1.54) is 26.0 Å². The molecule has 0 aromatic heterocycles. The number of carbonyl (C=O) groups is 1. The maximum Gasteiger partial charge on any atom is 0.293 e. The Morgan fingerprint density at radius 2 is 2.00 bits per heavy atom. The summed E-state index contributed by atoms with van der Waals surface area (Å²) in [6, 6.07) is 3.72. The van der Waals surface area contributed by atoms with E-state index in [0.717, 1.165) is 12.3 Å². The van der Waals surface area contributed by atoms with E-state index in [1.807, 2.05) is 0 Å². The lowest BCUT2D eigenvalue weighted by molar-refractivity contribution is -0.384. The summed E-state index contributed by atoms with van der Waals surface area (Å²) >= 11 is 0. The summed E-state index contributed by atoms with van der Waals surface area (Å²) in [6.07, 6.45) is 1.10. The molecule has 9 heteroatoms. The summed E-state index contributed by atoms with van der Waals surface area (Å²) in [6.45, 7) is 3.01. The fourth-order valence-electron chi connectivity index (χ4n) is 1.42. The van der Waals surface area contributed by atoms with Gasteiger partial charge in [-0.2, -0.15) is 0 Å². The van der Waals surface area contributed by atoms with Crippen LogP contribution in [0.2, 0.25) is 0 Å². The van der Waals surface area contributed by atoms with Crippen LogP contribution in [0, 0.1) is 10.1 Å². The van der Waals surface area contributed by atoms with Crippen molar-refractivity contribution in [1.29, 1.82) is 0 Å². The van der Waals surface area contributed by atoms with E-state index in [1.54, 1.807) is 0 Å². The quantitative estimate of drug-likeness (QED) is 0.592. The number of rotatable bonds is 6. The molecule has 0 aliphatic heterocycles. The molecule has 1 aromatic carbocycles. The molecule has 0 aliphatic carbocycles. The van der Waals surface area contributed by atoms with Crippen molar-refractivity contribution in [2.45, 2.75) is 18.6 Å². The molecule has 1 aromatic rings. The minimum atomic E-state index is -3.33. The summed E-state index contributed by atoms with van der Waals surface area (Å²) in [7, 11) is -3.33. The lowest BCUT2D eigenvalue weighted by Crippen LogP contribution is -2.38. The molecule has 0 bridgehead atoms. The molecule has 0 fully saturated rings. The highest BCUT2D eigenvalue weighted by molar-refractivity contribution is 7.92. The number of anilines is 1. The Kier molecular flexibility index (Phi) is 4.57. The first-order valence-corrected chi connectivity index (χ1v) is 7.86. The topological polar surface area (TPSA) is 132 Å². The number of nitro benzene ring substituents is 1. The molecule has 3 N–H and O–H groups in total. The zero-order valence-electron chi connectivity index (χ0n) is 11.9. The zero-order chi connectivity index (χ0) is 16.4. The smallest absolute Gasteiger partial charge is 0.293 e. The van der Waals surface area contributed by atoms with Crippen LogP contribution in [0.15, 0.2) is 18.2 Å². The molecule has 0 radical (unpaired) electrons. The molecule has 0 spiro atoms. The summed E-state index contributed by atoms with van der Waals surface area (Å²) in [5.41, 5.74) is 4.87. The Morgan fingerprint density at radius 1 is 1.43 bits per heavy atom. The van der Waals surface area contributed by atoms with E-state index in [2.05, 4.69) is 5.32 Å². The lowest BCUT2D eigenvalue weighted by Gasteiger charge is -2.23. The second-order valence-corrected chi connectivity index (χ2v) is 7.89. The molecule has 1 rings (SSSR count). The third-order valence-electron chi connectivity index (χ3n) is 3.19. The summed E-state index contributed by atoms with van der Waals surface area (Å²) in [4.78, 5) is 21.4.